The second-order valence-corrected chi connectivity index (χ2v) is 7.15. The molecule has 0 aliphatic heterocycles. The van der Waals surface area contributed by atoms with Gasteiger partial charge in [0.15, 0.2) is 0 Å². The summed E-state index contributed by atoms with van der Waals surface area (Å²) in [5.74, 6) is 0.0489. The van der Waals surface area contributed by atoms with Crippen molar-refractivity contribution in [3.63, 3.8) is 0 Å². The Morgan fingerprint density at radius 3 is 2.35 bits per heavy atom. The number of halogens is 3. The van der Waals surface area contributed by atoms with Crippen molar-refractivity contribution in [3.8, 4) is 0 Å². The van der Waals surface area contributed by atoms with Gasteiger partial charge in [0.1, 0.15) is 5.76 Å². The highest BCUT2D eigenvalue weighted by molar-refractivity contribution is 7.87. The third-order valence-electron chi connectivity index (χ3n) is 3.86. The second kappa shape index (κ2) is 6.95. The lowest BCUT2D eigenvalue weighted by atomic mass is 9.86. The van der Waals surface area contributed by atoms with E-state index in [0.29, 0.717) is 12.8 Å². The van der Waals surface area contributed by atoms with Crippen LogP contribution < -0.4 is 0 Å². The molecule has 0 saturated heterocycles. The van der Waals surface area contributed by atoms with Crippen LogP contribution in [0.4, 0.5) is 13.2 Å². The lowest BCUT2D eigenvalue weighted by Crippen LogP contribution is -2.25. The second-order valence-electron chi connectivity index (χ2n) is 5.62. The molecule has 2 rings (SSSR count). The Morgan fingerprint density at radius 2 is 1.87 bits per heavy atom. The summed E-state index contributed by atoms with van der Waals surface area (Å²) in [6.07, 6.45) is 4.73. The number of hydrogen-bond donors (Lipinski definition) is 0. The quantitative estimate of drug-likeness (QED) is 0.574. The van der Waals surface area contributed by atoms with Crippen LogP contribution in [0, 0.1) is 0 Å². The van der Waals surface area contributed by atoms with Crippen molar-refractivity contribution in [2.24, 2.45) is 0 Å². The van der Waals surface area contributed by atoms with E-state index in [0.717, 1.165) is 18.4 Å². The van der Waals surface area contributed by atoms with Crippen molar-refractivity contribution in [3.05, 3.63) is 47.2 Å². The van der Waals surface area contributed by atoms with Gasteiger partial charge in [-0.1, -0.05) is 37.6 Å². The Bertz CT molecular complexity index is 661. The molecule has 1 atom stereocenters. The number of benzene rings is 1. The Hall–Kier alpha value is -1.50. The standard InChI is InChI=1S/C16H19F3O3S/c1-2-3-12-4-6-13(7-5-12)14-8-10-15(11-9-14)22-23(20,21)16(17,18)19/h4-7,10,14H,2-3,8-9,11H2,1H3. The van der Waals surface area contributed by atoms with E-state index in [1.165, 1.54) is 11.6 Å². The molecule has 0 saturated carbocycles. The zero-order valence-electron chi connectivity index (χ0n) is 12.8. The minimum atomic E-state index is -5.56. The summed E-state index contributed by atoms with van der Waals surface area (Å²) in [4.78, 5) is 0. The maximum Gasteiger partial charge on any atom is 0.534 e. The lowest BCUT2D eigenvalue weighted by molar-refractivity contribution is -0.0524. The first-order valence-electron chi connectivity index (χ1n) is 7.51. The number of alkyl halides is 3. The lowest BCUT2D eigenvalue weighted by Gasteiger charge is -2.22. The molecule has 3 nitrogen and oxygen atoms in total. The molecule has 1 unspecified atom stereocenters. The minimum Gasteiger partial charge on any atom is -0.381 e. The normalized spacial score (nSPS) is 19.3. The molecule has 128 valence electrons. The van der Waals surface area contributed by atoms with Crippen LogP contribution in [0.5, 0.6) is 0 Å². The van der Waals surface area contributed by atoms with Crippen LogP contribution in [-0.2, 0) is 20.7 Å². The molecule has 0 fully saturated rings. The van der Waals surface area contributed by atoms with Crippen molar-refractivity contribution in [2.75, 3.05) is 0 Å². The van der Waals surface area contributed by atoms with Gasteiger partial charge in [-0.3, -0.25) is 0 Å². The third kappa shape index (κ3) is 4.50. The highest BCUT2D eigenvalue weighted by Gasteiger charge is 2.48. The van der Waals surface area contributed by atoms with Gasteiger partial charge in [0.25, 0.3) is 0 Å². The zero-order valence-corrected chi connectivity index (χ0v) is 13.6. The van der Waals surface area contributed by atoms with E-state index >= 15 is 0 Å². The molecule has 0 N–H and O–H groups in total. The molecule has 1 aliphatic rings. The van der Waals surface area contributed by atoms with Crippen molar-refractivity contribution < 1.29 is 25.8 Å². The highest BCUT2D eigenvalue weighted by atomic mass is 32.2. The summed E-state index contributed by atoms with van der Waals surface area (Å²) < 4.78 is 63.0. The van der Waals surface area contributed by atoms with Gasteiger partial charge in [0, 0.05) is 6.42 Å². The van der Waals surface area contributed by atoms with E-state index in [2.05, 4.69) is 23.2 Å². The van der Waals surface area contributed by atoms with Crippen LogP contribution in [0.15, 0.2) is 36.1 Å². The first-order valence-corrected chi connectivity index (χ1v) is 8.92. The Labute approximate surface area is 134 Å². The van der Waals surface area contributed by atoms with Crippen LogP contribution in [0.2, 0.25) is 0 Å². The molecule has 7 heteroatoms. The number of aryl methyl sites for hydroxylation is 1. The van der Waals surface area contributed by atoms with E-state index in [-0.39, 0.29) is 18.1 Å². The van der Waals surface area contributed by atoms with Gasteiger partial charge < -0.3 is 4.18 Å². The zero-order chi connectivity index (χ0) is 17.1. The van der Waals surface area contributed by atoms with Crippen LogP contribution in [0.1, 0.15) is 49.7 Å². The Kier molecular flexibility index (Phi) is 5.39. The molecule has 0 radical (unpaired) electrons. The molecule has 0 heterocycles. The summed E-state index contributed by atoms with van der Waals surface area (Å²) >= 11 is 0. The van der Waals surface area contributed by atoms with E-state index in [1.54, 1.807) is 0 Å². The maximum absolute atomic E-state index is 12.3. The molecule has 23 heavy (non-hydrogen) atoms. The Balaban J connectivity index is 2.01. The van der Waals surface area contributed by atoms with Crippen molar-refractivity contribution in [1.29, 1.82) is 0 Å². The van der Waals surface area contributed by atoms with E-state index in [9.17, 15) is 21.6 Å². The first-order chi connectivity index (χ1) is 10.7. The topological polar surface area (TPSA) is 43.4 Å². The summed E-state index contributed by atoms with van der Waals surface area (Å²) in [5, 5.41) is 0. The SMILES string of the molecule is CCCc1ccc(C2CC=C(OS(=O)(=O)C(F)(F)F)CC2)cc1. The fourth-order valence-corrected chi connectivity index (χ4v) is 3.15. The van der Waals surface area contributed by atoms with Crippen LogP contribution in [0.3, 0.4) is 0 Å². The predicted molar refractivity (Wildman–Crippen MR) is 81.2 cm³/mol. The molecule has 1 aromatic carbocycles. The Morgan fingerprint density at radius 1 is 1.22 bits per heavy atom. The van der Waals surface area contributed by atoms with Gasteiger partial charge in [-0.2, -0.15) is 21.6 Å². The monoisotopic (exact) mass is 348 g/mol. The fourth-order valence-electron chi connectivity index (χ4n) is 2.62. The molecule has 0 amide bonds. The van der Waals surface area contributed by atoms with Gasteiger partial charge in [-0.25, -0.2) is 0 Å². The third-order valence-corrected chi connectivity index (χ3v) is 4.86. The maximum atomic E-state index is 12.3. The average molecular weight is 348 g/mol. The largest absolute Gasteiger partial charge is 0.534 e. The van der Waals surface area contributed by atoms with Crippen LogP contribution in [-0.4, -0.2) is 13.9 Å². The van der Waals surface area contributed by atoms with E-state index in [1.807, 2.05) is 12.1 Å². The first kappa shape index (κ1) is 17.8. The van der Waals surface area contributed by atoms with Gasteiger partial charge in [-0.05, 0) is 42.4 Å². The van der Waals surface area contributed by atoms with Crippen molar-refractivity contribution in [1.82, 2.24) is 0 Å². The number of rotatable bonds is 5. The molecule has 0 bridgehead atoms. The number of allylic oxidation sites excluding steroid dienone is 2. The molecule has 1 aliphatic carbocycles. The summed E-state index contributed by atoms with van der Waals surface area (Å²) in [7, 11) is -5.56. The van der Waals surface area contributed by atoms with Crippen LogP contribution in [0.25, 0.3) is 0 Å². The van der Waals surface area contributed by atoms with E-state index < -0.39 is 15.6 Å². The van der Waals surface area contributed by atoms with Gasteiger partial charge in [-0.15, -0.1) is 0 Å². The molecule has 0 spiro atoms. The van der Waals surface area contributed by atoms with Crippen molar-refractivity contribution >= 4 is 10.1 Å². The summed E-state index contributed by atoms with van der Waals surface area (Å²) in [6, 6.07) is 8.18. The molecular weight excluding hydrogens is 329 g/mol. The van der Waals surface area contributed by atoms with Crippen molar-refractivity contribution in [2.45, 2.75) is 50.5 Å². The van der Waals surface area contributed by atoms with E-state index in [4.69, 9.17) is 0 Å². The summed E-state index contributed by atoms with van der Waals surface area (Å²) in [5.41, 5.74) is -3.03. The molecule has 0 aromatic heterocycles. The van der Waals surface area contributed by atoms with Crippen LogP contribution >= 0.6 is 0 Å². The van der Waals surface area contributed by atoms with Gasteiger partial charge in [0.2, 0.25) is 0 Å². The predicted octanol–water partition coefficient (Wildman–Crippen LogP) is 4.66. The average Bonchev–Trinajstić information content (AvgIpc) is 2.48. The highest BCUT2D eigenvalue weighted by Crippen LogP contribution is 2.35. The van der Waals surface area contributed by atoms with Gasteiger partial charge >= 0.3 is 15.6 Å². The van der Waals surface area contributed by atoms with Gasteiger partial charge in [0.05, 0.1) is 0 Å². The molecule has 1 aromatic rings. The number of hydrogen-bond acceptors (Lipinski definition) is 3. The minimum absolute atomic E-state index is 0.124. The fraction of sp³-hybridized carbons (Fsp3) is 0.500. The molecular formula is C16H19F3O3S. The smallest absolute Gasteiger partial charge is 0.381 e. The summed E-state index contributed by atoms with van der Waals surface area (Å²) in [6.45, 7) is 2.11.